The van der Waals surface area contributed by atoms with Gasteiger partial charge in [-0.05, 0) is 141 Å². The van der Waals surface area contributed by atoms with E-state index in [9.17, 15) is 38.9 Å². The SMILES string of the molecule is Cc1nc2nc(N[C@@H](C)c3cccc(F)c3)nc(C(=O)CC[C@H]3CCOC3)c2s1.Cc1nc2nc(N[C@@H](C)c3ccccc3)nc(C(=O)CC[C@H](C)O)c2s1.Cc1nc2nc(N[C@@H](C)c3ccccc3)nc(C(=O)N3CC[C@@H](O)C3)c2s1.Cc1nc2nc(N[C@@H](C)c3ccccn3)nc(C(=O)N3CC[C@H](O)C3)c2s1. The number of nitrogens with one attached hydrogen (secondary N) is 4. The fourth-order valence-corrected chi connectivity index (χ4v) is 15.9. The van der Waals surface area contributed by atoms with Crippen molar-refractivity contribution in [3.63, 3.8) is 0 Å². The Kier molecular flexibility index (Phi) is 25.9. The number of ether oxygens (including phenoxy) is 1. The minimum Gasteiger partial charge on any atom is -0.393 e. The van der Waals surface area contributed by atoms with E-state index < -0.39 is 18.3 Å². The highest BCUT2D eigenvalue weighted by Gasteiger charge is 2.32. The number of aliphatic hydroxyl groups excluding tert-OH is 3. The summed E-state index contributed by atoms with van der Waals surface area (Å²) in [5, 5.41) is 45.2. The van der Waals surface area contributed by atoms with Crippen LogP contribution in [0.1, 0.15) is 188 Å². The van der Waals surface area contributed by atoms with Crippen LogP contribution in [0.15, 0.2) is 109 Å². The monoisotopic (exact) mass is 1550 g/mol. The molecule has 12 heterocycles. The molecule has 9 aromatic heterocycles. The maximum Gasteiger partial charge on any atom is 0.274 e. The third kappa shape index (κ3) is 20.3. The number of carbonyl (C=O) groups excluding carboxylic acids is 4. The van der Waals surface area contributed by atoms with Gasteiger partial charge in [-0.15, -0.1) is 45.3 Å². The second-order valence-electron chi connectivity index (χ2n) is 27.1. The van der Waals surface area contributed by atoms with Gasteiger partial charge in [-0.25, -0.2) is 44.3 Å². The molecule has 15 rings (SSSR count). The molecule has 12 aromatic rings. The first-order valence-corrected chi connectivity index (χ1v) is 39.4. The van der Waals surface area contributed by atoms with Gasteiger partial charge >= 0.3 is 0 Å². The Morgan fingerprint density at radius 2 is 0.899 bits per heavy atom. The molecule has 0 radical (unpaired) electrons. The Balaban J connectivity index is 0.000000136. The van der Waals surface area contributed by atoms with Crippen LogP contribution in [0.2, 0.25) is 0 Å². The summed E-state index contributed by atoms with van der Waals surface area (Å²) < 4.78 is 21.7. The number of hydrogen-bond acceptors (Lipinski definition) is 29. The Morgan fingerprint density at radius 3 is 1.29 bits per heavy atom. The Bertz CT molecular complexity index is 5010. The van der Waals surface area contributed by atoms with Crippen molar-refractivity contribution >= 4 is 134 Å². The van der Waals surface area contributed by atoms with E-state index in [0.717, 1.165) is 73.2 Å². The number of pyridine rings is 1. The molecule has 3 fully saturated rings. The number of carbonyl (C=O) groups is 4. The van der Waals surface area contributed by atoms with Gasteiger partial charge in [0.05, 0.1) is 68.2 Å². The summed E-state index contributed by atoms with van der Waals surface area (Å²) in [6, 6.07) is 31.7. The first kappa shape index (κ1) is 78.5. The first-order chi connectivity index (χ1) is 52.4. The maximum atomic E-state index is 13.5. The predicted molar refractivity (Wildman–Crippen MR) is 422 cm³/mol. The third-order valence-corrected chi connectivity index (χ3v) is 22.2. The quantitative estimate of drug-likeness (QED) is 0.0310. The smallest absolute Gasteiger partial charge is 0.274 e. The lowest BCUT2D eigenvalue weighted by Gasteiger charge is -2.17. The number of rotatable bonds is 22. The van der Waals surface area contributed by atoms with Crippen LogP contribution in [-0.2, 0) is 4.74 Å². The molecule has 0 saturated carbocycles. The van der Waals surface area contributed by atoms with Crippen LogP contribution in [0.4, 0.5) is 28.2 Å². The number of nitrogens with zero attached hydrogens (tertiary/aromatic N) is 15. The number of amides is 2. The number of thiazole rings is 4. The normalized spacial score (nSPS) is 16.8. The molecular formula is C77H86FN19O8S4. The van der Waals surface area contributed by atoms with Gasteiger partial charge in [0.2, 0.25) is 23.8 Å². The summed E-state index contributed by atoms with van der Waals surface area (Å²) >= 11 is 5.67. The molecule has 0 unspecified atom stereocenters. The van der Waals surface area contributed by atoms with Crippen molar-refractivity contribution in [1.82, 2.24) is 74.6 Å². The lowest BCUT2D eigenvalue weighted by molar-refractivity contribution is 0.0756. The average Bonchev–Trinajstić information content (AvgIpc) is 1.68. The van der Waals surface area contributed by atoms with Crippen molar-refractivity contribution in [2.75, 3.05) is 60.7 Å². The number of fused-ring (bicyclic) bond motifs is 4. The van der Waals surface area contributed by atoms with E-state index in [1.807, 2.05) is 140 Å². The summed E-state index contributed by atoms with van der Waals surface area (Å²) in [5.41, 5.74) is 7.39. The van der Waals surface area contributed by atoms with E-state index in [0.29, 0.717) is 141 Å². The zero-order valence-electron chi connectivity index (χ0n) is 61.8. The number of likely N-dealkylation sites (tertiary alicyclic amines) is 2. The molecule has 0 bridgehead atoms. The number of Topliss-reactive ketones (excluding diaryl/α,β-unsaturated/α-hetero) is 2. The van der Waals surface area contributed by atoms with Crippen LogP contribution < -0.4 is 21.3 Å². The Hall–Kier alpha value is -10.1. The molecular weight excluding hydrogens is 1470 g/mol. The molecule has 7 N–H and O–H groups in total. The molecule has 8 atom stereocenters. The van der Waals surface area contributed by atoms with Gasteiger partial charge in [-0.1, -0.05) is 78.9 Å². The Morgan fingerprint density at radius 1 is 0.495 bits per heavy atom. The van der Waals surface area contributed by atoms with E-state index in [2.05, 4.69) is 86.1 Å². The van der Waals surface area contributed by atoms with Crippen LogP contribution in [0.3, 0.4) is 0 Å². The van der Waals surface area contributed by atoms with Gasteiger partial charge in [0.1, 0.15) is 36.0 Å². The van der Waals surface area contributed by atoms with Crippen molar-refractivity contribution in [2.24, 2.45) is 5.92 Å². The summed E-state index contributed by atoms with van der Waals surface area (Å²) in [4.78, 5) is 113. The van der Waals surface area contributed by atoms with Crippen molar-refractivity contribution in [2.45, 2.75) is 150 Å². The van der Waals surface area contributed by atoms with Crippen LogP contribution in [0.5, 0.6) is 0 Å². The van der Waals surface area contributed by atoms with Crippen molar-refractivity contribution in [3.05, 3.63) is 180 Å². The molecule has 3 aliphatic rings. The molecule has 109 heavy (non-hydrogen) atoms. The molecule has 3 aromatic carbocycles. The molecule has 568 valence electrons. The number of ketones is 2. The summed E-state index contributed by atoms with van der Waals surface area (Å²) in [7, 11) is 0. The highest BCUT2D eigenvalue weighted by molar-refractivity contribution is 7.19. The fraction of sp³-hybridized carbons (Fsp3) is 0.390. The predicted octanol–water partition coefficient (Wildman–Crippen LogP) is 13.6. The number of aromatic nitrogens is 13. The average molecular weight is 1550 g/mol. The van der Waals surface area contributed by atoms with Crippen LogP contribution in [0.25, 0.3) is 41.4 Å². The number of benzene rings is 3. The number of anilines is 4. The van der Waals surface area contributed by atoms with Crippen LogP contribution in [0, 0.1) is 39.4 Å². The number of β-amino-alcohol motifs (C(OH)–C–C–N with tert-alkyl or cyclic N) is 2. The van der Waals surface area contributed by atoms with Gasteiger partial charge in [-0.3, -0.25) is 24.2 Å². The zero-order valence-corrected chi connectivity index (χ0v) is 65.1. The highest BCUT2D eigenvalue weighted by Crippen LogP contribution is 2.34. The number of aliphatic hydroxyl groups is 3. The first-order valence-electron chi connectivity index (χ1n) is 36.2. The largest absolute Gasteiger partial charge is 0.393 e. The summed E-state index contributed by atoms with van der Waals surface area (Å²) in [5.74, 6) is 1.09. The van der Waals surface area contributed by atoms with E-state index in [-0.39, 0.29) is 59.8 Å². The van der Waals surface area contributed by atoms with E-state index >= 15 is 0 Å². The maximum absolute atomic E-state index is 13.5. The molecule has 27 nitrogen and oxygen atoms in total. The Labute approximate surface area is 644 Å². The number of hydrogen-bond donors (Lipinski definition) is 7. The highest BCUT2D eigenvalue weighted by atomic mass is 32.1. The lowest BCUT2D eigenvalue weighted by atomic mass is 10.00. The van der Waals surface area contributed by atoms with Crippen molar-refractivity contribution in [1.29, 1.82) is 0 Å². The zero-order chi connectivity index (χ0) is 77.0. The minimum absolute atomic E-state index is 0.00518. The van der Waals surface area contributed by atoms with Gasteiger partial charge in [0.15, 0.2) is 45.5 Å². The number of halogens is 1. The molecule has 2 amide bonds. The van der Waals surface area contributed by atoms with Gasteiger partial charge < -0.3 is 51.1 Å². The van der Waals surface area contributed by atoms with Gasteiger partial charge in [0.25, 0.3) is 11.8 Å². The third-order valence-electron chi connectivity index (χ3n) is 18.3. The van der Waals surface area contributed by atoms with Crippen LogP contribution >= 0.6 is 45.3 Å². The molecule has 3 saturated heterocycles. The van der Waals surface area contributed by atoms with Gasteiger partial charge in [-0.2, -0.15) is 19.9 Å². The van der Waals surface area contributed by atoms with Crippen molar-refractivity contribution < 1.29 is 43.6 Å². The topological polar surface area (TPSA) is 360 Å². The number of aryl methyl sites for hydroxylation is 4. The molecule has 0 aliphatic carbocycles. The van der Waals surface area contributed by atoms with Gasteiger partial charge in [0, 0.05) is 58.4 Å². The molecule has 3 aliphatic heterocycles. The van der Waals surface area contributed by atoms with E-state index in [1.165, 1.54) is 57.5 Å². The standard InChI is InChI=1S/C21H23FN4O2S.C19H21N5O2S.C19H22N4O2S.C18H20N6O2S/c1-12(15-4-3-5-16(22)10-15)23-21-25-18(19-20(26-21)24-13(2)29-19)17(27)7-6-14-8-9-28-11-14;1-11(13-6-4-3-5-7-13)20-19-22-15(16-17(23-19)21-12(2)27-16)18(26)24-9-8-14(25)10-24;1-11(24)9-10-15(25)16-17-18(21-13(3)26-17)23-19(22-16)20-12(2)14-7-5-4-6-8-14;1-10(13-5-3-4-7-19-13)20-18-22-14(15-16(23-18)21-11(2)27-15)17(26)24-8-6-12(25)9-24/h3-5,10,12,14H,6-9,11H2,1-2H3,(H,23,25,26);3-7,11,14,25H,8-10H2,1-2H3,(H,20,22,23);4-8,11-12,24H,9-10H2,1-3H3,(H,20,22,23);3-5,7,10,12,25H,6,8-9H2,1-2H3,(H,20,22,23)/t12-,14-;11-,14+;11-,12-;10-,12-/m0000/s1. The summed E-state index contributed by atoms with van der Waals surface area (Å²) in [6.07, 6.45) is 4.33. The molecule has 32 heteroatoms. The van der Waals surface area contributed by atoms with E-state index in [1.54, 1.807) is 29.0 Å². The van der Waals surface area contributed by atoms with Crippen LogP contribution in [-0.4, -0.2) is 171 Å². The summed E-state index contributed by atoms with van der Waals surface area (Å²) in [6.45, 7) is 20.3. The fourth-order valence-electron chi connectivity index (χ4n) is 12.5. The molecule has 0 spiro atoms. The minimum atomic E-state index is -0.518. The van der Waals surface area contributed by atoms with Crippen molar-refractivity contribution in [3.8, 4) is 0 Å². The second kappa shape index (κ2) is 36.0. The second-order valence-corrected chi connectivity index (χ2v) is 31.9. The van der Waals surface area contributed by atoms with E-state index in [4.69, 9.17) is 4.74 Å². The lowest BCUT2D eigenvalue weighted by Crippen LogP contribution is -2.30.